The molecule has 3 rings (SSSR count). The summed E-state index contributed by atoms with van der Waals surface area (Å²) in [6.45, 7) is 4.42. The first kappa shape index (κ1) is 14.6. The topological polar surface area (TPSA) is 59.4 Å². The van der Waals surface area contributed by atoms with Gasteiger partial charge in [0.15, 0.2) is 5.69 Å². The van der Waals surface area contributed by atoms with Crippen LogP contribution in [0.4, 0.5) is 0 Å². The fourth-order valence-corrected chi connectivity index (χ4v) is 2.61. The van der Waals surface area contributed by atoms with Crippen molar-refractivity contribution < 1.29 is 9.53 Å². The summed E-state index contributed by atoms with van der Waals surface area (Å²) >= 11 is 0. The molecule has 0 unspecified atom stereocenters. The SMILES string of the molecule is COc1ccc(-n2ccc(C(=O)N3CCNC[C@@H]3C)n2)cc1. The first-order valence-corrected chi connectivity index (χ1v) is 7.41. The highest BCUT2D eigenvalue weighted by molar-refractivity contribution is 5.92. The second-order valence-corrected chi connectivity index (χ2v) is 5.40. The van der Waals surface area contributed by atoms with E-state index in [-0.39, 0.29) is 11.9 Å². The maximum atomic E-state index is 12.6. The van der Waals surface area contributed by atoms with Crippen molar-refractivity contribution in [3.8, 4) is 11.4 Å². The predicted molar refractivity (Wildman–Crippen MR) is 83.5 cm³/mol. The summed E-state index contributed by atoms with van der Waals surface area (Å²) in [6.07, 6.45) is 1.81. The van der Waals surface area contributed by atoms with Gasteiger partial charge in [0, 0.05) is 31.9 Å². The van der Waals surface area contributed by atoms with Gasteiger partial charge in [-0.1, -0.05) is 0 Å². The van der Waals surface area contributed by atoms with Crippen LogP contribution in [-0.2, 0) is 0 Å². The molecule has 0 spiro atoms. The minimum atomic E-state index is -0.0127. The molecule has 1 saturated heterocycles. The third-order valence-corrected chi connectivity index (χ3v) is 3.91. The van der Waals surface area contributed by atoms with Crippen LogP contribution in [0.15, 0.2) is 36.5 Å². The third kappa shape index (κ3) is 2.82. The molecule has 1 N–H and O–H groups in total. The second kappa shape index (κ2) is 6.19. The van der Waals surface area contributed by atoms with E-state index in [2.05, 4.69) is 10.4 Å². The lowest BCUT2D eigenvalue weighted by atomic mass is 10.2. The lowest BCUT2D eigenvalue weighted by Gasteiger charge is -2.33. The van der Waals surface area contributed by atoms with Gasteiger partial charge < -0.3 is 15.0 Å². The molecule has 22 heavy (non-hydrogen) atoms. The maximum absolute atomic E-state index is 12.6. The molecule has 6 heteroatoms. The third-order valence-electron chi connectivity index (χ3n) is 3.91. The number of carbonyl (C=O) groups excluding carboxylic acids is 1. The minimum Gasteiger partial charge on any atom is -0.497 e. The fraction of sp³-hybridized carbons (Fsp3) is 0.375. The molecule has 2 heterocycles. The maximum Gasteiger partial charge on any atom is 0.274 e. The molecule has 1 aromatic heterocycles. The zero-order valence-electron chi connectivity index (χ0n) is 12.8. The molecule has 0 saturated carbocycles. The molecule has 2 aromatic rings. The van der Waals surface area contributed by atoms with Gasteiger partial charge in [-0.2, -0.15) is 5.10 Å². The lowest BCUT2D eigenvalue weighted by Crippen LogP contribution is -2.52. The Kier molecular flexibility index (Phi) is 4.11. The average Bonchev–Trinajstić information content (AvgIpc) is 3.05. The number of benzene rings is 1. The van der Waals surface area contributed by atoms with Crippen molar-refractivity contribution in [2.75, 3.05) is 26.7 Å². The molecule has 1 fully saturated rings. The van der Waals surface area contributed by atoms with Crippen LogP contribution in [0, 0.1) is 0 Å². The van der Waals surface area contributed by atoms with E-state index in [0.29, 0.717) is 5.69 Å². The van der Waals surface area contributed by atoms with Crippen molar-refractivity contribution in [3.63, 3.8) is 0 Å². The minimum absolute atomic E-state index is 0.0127. The van der Waals surface area contributed by atoms with Gasteiger partial charge in [0.05, 0.1) is 12.8 Å². The van der Waals surface area contributed by atoms with Gasteiger partial charge in [-0.25, -0.2) is 4.68 Å². The number of nitrogens with one attached hydrogen (secondary N) is 1. The van der Waals surface area contributed by atoms with Gasteiger partial charge in [0.25, 0.3) is 5.91 Å². The van der Waals surface area contributed by atoms with E-state index in [0.717, 1.165) is 31.1 Å². The summed E-state index contributed by atoms with van der Waals surface area (Å²) in [7, 11) is 1.63. The van der Waals surface area contributed by atoms with Crippen LogP contribution in [0.1, 0.15) is 17.4 Å². The first-order valence-electron chi connectivity index (χ1n) is 7.41. The molecule has 1 atom stereocenters. The van der Waals surface area contributed by atoms with Gasteiger partial charge in [0.2, 0.25) is 0 Å². The van der Waals surface area contributed by atoms with Crippen LogP contribution in [0.3, 0.4) is 0 Å². The highest BCUT2D eigenvalue weighted by Gasteiger charge is 2.25. The van der Waals surface area contributed by atoms with E-state index in [4.69, 9.17) is 4.74 Å². The second-order valence-electron chi connectivity index (χ2n) is 5.40. The molecular formula is C16H20N4O2. The zero-order chi connectivity index (χ0) is 15.5. The largest absolute Gasteiger partial charge is 0.497 e. The van der Waals surface area contributed by atoms with Gasteiger partial charge in [-0.15, -0.1) is 0 Å². The molecular weight excluding hydrogens is 280 g/mol. The van der Waals surface area contributed by atoms with Crippen molar-refractivity contribution in [1.82, 2.24) is 20.0 Å². The molecule has 1 aliphatic heterocycles. The number of amides is 1. The predicted octanol–water partition coefficient (Wildman–Crippen LogP) is 1.31. The highest BCUT2D eigenvalue weighted by Crippen LogP contribution is 2.15. The number of nitrogens with zero attached hydrogens (tertiary/aromatic N) is 3. The van der Waals surface area contributed by atoms with Crippen LogP contribution in [0.5, 0.6) is 5.75 Å². The Morgan fingerprint density at radius 1 is 1.32 bits per heavy atom. The van der Waals surface area contributed by atoms with Gasteiger partial charge in [-0.05, 0) is 37.3 Å². The van der Waals surface area contributed by atoms with Crippen LogP contribution < -0.4 is 10.1 Å². The number of aromatic nitrogens is 2. The quantitative estimate of drug-likeness (QED) is 0.928. The Morgan fingerprint density at radius 2 is 2.09 bits per heavy atom. The molecule has 6 nitrogen and oxygen atoms in total. The number of piperazine rings is 1. The monoisotopic (exact) mass is 300 g/mol. The van der Waals surface area contributed by atoms with E-state index >= 15 is 0 Å². The summed E-state index contributed by atoms with van der Waals surface area (Å²) < 4.78 is 6.85. The number of rotatable bonds is 3. The van der Waals surface area contributed by atoms with Gasteiger partial charge in [0.1, 0.15) is 5.75 Å². The highest BCUT2D eigenvalue weighted by atomic mass is 16.5. The molecule has 0 bridgehead atoms. The average molecular weight is 300 g/mol. The summed E-state index contributed by atoms with van der Waals surface area (Å²) in [5.74, 6) is 0.781. The Hall–Kier alpha value is -2.34. The van der Waals surface area contributed by atoms with E-state index in [9.17, 15) is 4.79 Å². The van der Waals surface area contributed by atoms with Gasteiger partial charge in [-0.3, -0.25) is 4.79 Å². The van der Waals surface area contributed by atoms with Crippen molar-refractivity contribution >= 4 is 5.91 Å². The van der Waals surface area contributed by atoms with Crippen molar-refractivity contribution in [2.45, 2.75) is 13.0 Å². The summed E-state index contributed by atoms with van der Waals surface area (Å²) in [5.41, 5.74) is 1.37. The summed E-state index contributed by atoms with van der Waals surface area (Å²) in [6, 6.07) is 9.52. The number of hydrogen-bond donors (Lipinski definition) is 1. The number of methoxy groups -OCH3 is 1. The standard InChI is InChI=1S/C16H20N4O2/c1-12-11-17-8-10-19(12)16(21)15-7-9-20(18-15)13-3-5-14(22-2)6-4-13/h3-7,9,12,17H,8,10-11H2,1-2H3/t12-/m0/s1. The summed E-state index contributed by atoms with van der Waals surface area (Å²) in [4.78, 5) is 14.4. The van der Waals surface area contributed by atoms with Crippen molar-refractivity contribution in [1.29, 1.82) is 0 Å². The Balaban J connectivity index is 1.79. The number of ether oxygens (including phenoxy) is 1. The normalized spacial score (nSPS) is 18.3. The van der Waals surface area contributed by atoms with E-state index in [1.165, 1.54) is 0 Å². The van der Waals surface area contributed by atoms with E-state index in [1.807, 2.05) is 42.3 Å². The van der Waals surface area contributed by atoms with E-state index < -0.39 is 0 Å². The Labute approximate surface area is 129 Å². The van der Waals surface area contributed by atoms with Crippen molar-refractivity contribution in [3.05, 3.63) is 42.2 Å². The van der Waals surface area contributed by atoms with Crippen LogP contribution in [0.25, 0.3) is 5.69 Å². The lowest BCUT2D eigenvalue weighted by molar-refractivity contribution is 0.0649. The van der Waals surface area contributed by atoms with Crippen LogP contribution >= 0.6 is 0 Å². The molecule has 116 valence electrons. The molecule has 1 aliphatic rings. The van der Waals surface area contributed by atoms with Crippen LogP contribution in [-0.4, -0.2) is 53.4 Å². The van der Waals surface area contributed by atoms with Gasteiger partial charge >= 0.3 is 0 Å². The number of hydrogen-bond acceptors (Lipinski definition) is 4. The Morgan fingerprint density at radius 3 is 2.77 bits per heavy atom. The number of carbonyl (C=O) groups is 1. The molecule has 0 radical (unpaired) electrons. The smallest absolute Gasteiger partial charge is 0.274 e. The van der Waals surface area contributed by atoms with Crippen LogP contribution in [0.2, 0.25) is 0 Å². The fourth-order valence-electron chi connectivity index (χ4n) is 2.61. The molecule has 1 aromatic carbocycles. The van der Waals surface area contributed by atoms with Crippen molar-refractivity contribution in [2.24, 2.45) is 0 Å². The Bertz CT molecular complexity index is 650. The molecule has 1 amide bonds. The summed E-state index contributed by atoms with van der Waals surface area (Å²) in [5, 5.41) is 7.69. The van der Waals surface area contributed by atoms with E-state index in [1.54, 1.807) is 17.9 Å². The zero-order valence-corrected chi connectivity index (χ0v) is 12.8. The molecule has 0 aliphatic carbocycles. The first-order chi connectivity index (χ1) is 10.7.